The molecule has 0 saturated heterocycles. The highest BCUT2D eigenvalue weighted by atomic mass is 16.7. The van der Waals surface area contributed by atoms with E-state index in [2.05, 4.69) is 0 Å². The molecule has 0 unspecified atom stereocenters. The van der Waals surface area contributed by atoms with E-state index in [1.807, 2.05) is 152 Å². The molecule has 330 valence electrons. The molecule has 0 saturated carbocycles. The third-order valence-corrected chi connectivity index (χ3v) is 9.86. The predicted molar refractivity (Wildman–Crippen MR) is 238 cm³/mol. The van der Waals surface area contributed by atoms with Crippen LogP contribution in [0, 0.1) is 6.92 Å². The predicted octanol–water partition coefficient (Wildman–Crippen LogP) is 8.97. The third kappa shape index (κ3) is 15.9. The summed E-state index contributed by atoms with van der Waals surface area (Å²) in [4.78, 5) is 26.4. The monoisotopic (exact) mass is 857 g/mol. The molecule has 1 aromatic heterocycles. The number of ether oxygens (including phenoxy) is 8. The van der Waals surface area contributed by atoms with E-state index in [4.69, 9.17) is 37.9 Å². The summed E-state index contributed by atoms with van der Waals surface area (Å²) in [6.45, 7) is 3.91. The molecule has 6 aromatic rings. The first-order valence-corrected chi connectivity index (χ1v) is 20.9. The van der Waals surface area contributed by atoms with Crippen LogP contribution in [-0.2, 0) is 61.5 Å². The van der Waals surface area contributed by atoms with Gasteiger partial charge in [-0.2, -0.15) is 0 Å². The number of nitrogens with zero attached hydrogens (tertiary/aromatic N) is 1. The van der Waals surface area contributed by atoms with Gasteiger partial charge in [0.1, 0.15) is 18.8 Å². The largest absolute Gasteiger partial charge is 0.511 e. The lowest BCUT2D eigenvalue weighted by Gasteiger charge is -2.28. The van der Waals surface area contributed by atoms with Crippen LogP contribution in [0.4, 0.5) is 4.79 Å². The lowest BCUT2D eigenvalue weighted by molar-refractivity contribution is -0.0989. The van der Waals surface area contributed by atoms with Crippen molar-refractivity contribution in [2.45, 2.75) is 58.2 Å². The summed E-state index contributed by atoms with van der Waals surface area (Å²) in [7, 11) is 0. The average molecular weight is 858 g/mol. The van der Waals surface area contributed by atoms with E-state index in [0.29, 0.717) is 32.1 Å². The minimum atomic E-state index is -1.58. The van der Waals surface area contributed by atoms with Crippen LogP contribution in [-0.4, -0.2) is 67.7 Å². The Balaban J connectivity index is 1.26. The average Bonchev–Trinajstić information content (AvgIpc) is 3.30. The normalized spacial score (nSPS) is 11.4. The van der Waals surface area contributed by atoms with E-state index >= 15 is 0 Å². The zero-order valence-corrected chi connectivity index (χ0v) is 35.5. The van der Waals surface area contributed by atoms with Crippen molar-refractivity contribution in [3.05, 3.63) is 202 Å². The third-order valence-electron chi connectivity index (χ3n) is 9.86. The van der Waals surface area contributed by atoms with E-state index in [-0.39, 0.29) is 57.7 Å². The number of carbonyl (C=O) groups is 1. The Labute approximate surface area is 368 Å². The quantitative estimate of drug-likeness (QED) is 0.0498. The summed E-state index contributed by atoms with van der Waals surface area (Å²) in [5.74, 6) is -0.486. The van der Waals surface area contributed by atoms with Gasteiger partial charge in [0.05, 0.1) is 72.1 Å². The fourth-order valence-corrected chi connectivity index (χ4v) is 6.70. The number of benzene rings is 5. The van der Waals surface area contributed by atoms with Gasteiger partial charge in [-0.15, -0.1) is 0 Å². The van der Waals surface area contributed by atoms with Crippen molar-refractivity contribution < 1.29 is 47.8 Å². The van der Waals surface area contributed by atoms with Crippen molar-refractivity contribution >= 4 is 6.16 Å². The van der Waals surface area contributed by atoms with E-state index in [1.54, 1.807) is 6.92 Å². The van der Waals surface area contributed by atoms with Crippen LogP contribution < -0.4 is 15.0 Å². The minimum Gasteiger partial charge on any atom is -0.480 e. The molecule has 0 aliphatic carbocycles. The highest BCUT2D eigenvalue weighted by Crippen LogP contribution is 2.28. The van der Waals surface area contributed by atoms with E-state index in [1.165, 1.54) is 10.6 Å². The zero-order valence-electron chi connectivity index (χ0n) is 35.5. The molecule has 0 atom stereocenters. The minimum absolute atomic E-state index is 0.00799. The Kier molecular flexibility index (Phi) is 18.9. The number of rotatable bonds is 27. The van der Waals surface area contributed by atoms with E-state index in [0.717, 1.165) is 27.8 Å². The second-order valence-electron chi connectivity index (χ2n) is 14.9. The fraction of sp³-hybridized carbons (Fsp3) is 0.294. The van der Waals surface area contributed by atoms with Crippen LogP contribution in [0.5, 0.6) is 11.5 Å². The number of hydrogen-bond acceptors (Lipinski definition) is 10. The maximum absolute atomic E-state index is 14.6. The number of pyridine rings is 1. The maximum Gasteiger partial charge on any atom is 0.511 e. The molecule has 12 nitrogen and oxygen atoms in total. The molecule has 1 N–H and O–H groups in total. The van der Waals surface area contributed by atoms with Crippen molar-refractivity contribution in [2.24, 2.45) is 0 Å². The topological polar surface area (TPSA) is 133 Å². The maximum atomic E-state index is 14.6. The SMILES string of the molecule is Cc1cc(OC(=O)O)c(OCc2ccccc2)c(=O)n1C(COC(COCc1ccccc1)COCc1ccccc1)COC(COCc1ccccc1)COCc1ccccc1. The van der Waals surface area contributed by atoms with Gasteiger partial charge < -0.3 is 47.6 Å². The number of carboxylic acid groups (broad SMARTS) is 1. The molecule has 0 bridgehead atoms. The molecule has 6 rings (SSSR count). The van der Waals surface area contributed by atoms with Gasteiger partial charge >= 0.3 is 6.16 Å². The summed E-state index contributed by atoms with van der Waals surface area (Å²) >= 11 is 0. The molecular formula is C51H55NO11. The van der Waals surface area contributed by atoms with Crippen LogP contribution in [0.3, 0.4) is 0 Å². The van der Waals surface area contributed by atoms with Crippen molar-refractivity contribution in [2.75, 3.05) is 39.6 Å². The van der Waals surface area contributed by atoms with Gasteiger partial charge in [0.2, 0.25) is 5.75 Å². The lowest BCUT2D eigenvalue weighted by Crippen LogP contribution is -2.38. The molecular weight excluding hydrogens is 803 g/mol. The van der Waals surface area contributed by atoms with Crippen molar-refractivity contribution in [3.63, 3.8) is 0 Å². The van der Waals surface area contributed by atoms with E-state index < -0.39 is 30.0 Å². The van der Waals surface area contributed by atoms with Gasteiger partial charge in [0.15, 0.2) is 5.75 Å². The standard InChI is InChI=1S/C51H55NO11/c1-39-27-48(63-51(54)55)49(62-32-44-25-15-6-16-26-44)50(53)52(39)45(33-60-46(35-56-28-40-17-7-2-8-18-40)36-57-29-41-19-9-3-10-20-41)34-61-47(37-58-30-42-21-11-4-12-22-42)38-59-31-43-23-13-5-14-24-43/h2-27,45-47H,28-38H2,1H3,(H,54,55). The summed E-state index contributed by atoms with van der Waals surface area (Å²) in [6.07, 6.45) is -2.67. The van der Waals surface area contributed by atoms with Crippen LogP contribution in [0.1, 0.15) is 39.6 Å². The first-order chi connectivity index (χ1) is 30.9. The molecule has 0 spiro atoms. The Hall–Kier alpha value is -6.12. The van der Waals surface area contributed by atoms with E-state index in [9.17, 15) is 14.7 Å². The summed E-state index contributed by atoms with van der Waals surface area (Å²) in [5, 5.41) is 9.63. The Morgan fingerprint density at radius 3 is 1.17 bits per heavy atom. The van der Waals surface area contributed by atoms with Crippen LogP contribution >= 0.6 is 0 Å². The van der Waals surface area contributed by atoms with Crippen LogP contribution in [0.15, 0.2) is 163 Å². The van der Waals surface area contributed by atoms with Gasteiger partial charge in [-0.25, -0.2) is 4.79 Å². The molecule has 12 heteroatoms. The van der Waals surface area contributed by atoms with Gasteiger partial charge in [-0.1, -0.05) is 152 Å². The molecule has 0 fully saturated rings. The highest BCUT2D eigenvalue weighted by Gasteiger charge is 2.26. The lowest BCUT2D eigenvalue weighted by atomic mass is 10.2. The van der Waals surface area contributed by atoms with Crippen molar-refractivity contribution in [1.29, 1.82) is 0 Å². The first-order valence-electron chi connectivity index (χ1n) is 20.9. The smallest absolute Gasteiger partial charge is 0.480 e. The molecule has 0 amide bonds. The summed E-state index contributed by atoms with van der Waals surface area (Å²) in [5.41, 5.74) is 4.60. The molecule has 0 aliphatic heterocycles. The molecule has 63 heavy (non-hydrogen) atoms. The van der Waals surface area contributed by atoms with Crippen LogP contribution in [0.2, 0.25) is 0 Å². The van der Waals surface area contributed by atoms with Crippen molar-refractivity contribution in [1.82, 2.24) is 4.57 Å². The fourth-order valence-electron chi connectivity index (χ4n) is 6.70. The number of hydrogen-bond donors (Lipinski definition) is 1. The molecule has 0 aliphatic rings. The number of aromatic nitrogens is 1. The Morgan fingerprint density at radius 1 is 0.508 bits per heavy atom. The number of aryl methyl sites for hydroxylation is 1. The van der Waals surface area contributed by atoms with Crippen molar-refractivity contribution in [3.8, 4) is 11.5 Å². The Bertz CT molecular complexity index is 2070. The Morgan fingerprint density at radius 2 is 0.841 bits per heavy atom. The first kappa shape index (κ1) is 46.4. The summed E-state index contributed by atoms with van der Waals surface area (Å²) < 4.78 is 50.4. The van der Waals surface area contributed by atoms with Gasteiger partial charge in [-0.3, -0.25) is 4.79 Å². The van der Waals surface area contributed by atoms with Gasteiger partial charge in [0.25, 0.3) is 5.56 Å². The summed E-state index contributed by atoms with van der Waals surface area (Å²) in [6, 6.07) is 49.3. The molecule has 5 aromatic carbocycles. The second kappa shape index (κ2) is 25.7. The zero-order chi connectivity index (χ0) is 43.9. The second-order valence-corrected chi connectivity index (χ2v) is 14.9. The molecule has 0 radical (unpaired) electrons. The van der Waals surface area contributed by atoms with Gasteiger partial charge in [0, 0.05) is 11.8 Å². The molecule has 1 heterocycles. The van der Waals surface area contributed by atoms with Crippen LogP contribution in [0.25, 0.3) is 0 Å². The highest BCUT2D eigenvalue weighted by molar-refractivity contribution is 5.63. The van der Waals surface area contributed by atoms with Gasteiger partial charge in [-0.05, 0) is 34.7 Å².